The number of ketones is 1. The topological polar surface area (TPSA) is 69.1 Å². The van der Waals surface area contributed by atoms with Crippen molar-refractivity contribution >= 4 is 17.5 Å². The van der Waals surface area contributed by atoms with Gasteiger partial charge in [0, 0.05) is 5.56 Å². The summed E-state index contributed by atoms with van der Waals surface area (Å²) >= 11 is 1.24. The molecule has 0 saturated heterocycles. The highest BCUT2D eigenvalue weighted by Gasteiger charge is 2.20. The van der Waals surface area contributed by atoms with Crippen LogP contribution in [-0.2, 0) is 0 Å². The first-order valence-electron chi connectivity index (χ1n) is 6.78. The van der Waals surface area contributed by atoms with E-state index >= 15 is 0 Å². The van der Waals surface area contributed by atoms with Crippen LogP contribution in [0.1, 0.15) is 22.8 Å². The molecule has 0 amide bonds. The first-order chi connectivity index (χ1) is 10.6. The number of rotatable bonds is 5. The minimum atomic E-state index is -0.312. The zero-order chi connectivity index (χ0) is 15.5. The molecule has 0 spiro atoms. The Kier molecular flexibility index (Phi) is 4.11. The number of Topliss-reactive ketones (excluding diaryl/α,β-unsaturated/α-hetero) is 1. The first kappa shape index (κ1) is 14.6. The molecule has 0 fully saturated rings. The van der Waals surface area contributed by atoms with Gasteiger partial charge in [0.25, 0.3) is 11.1 Å². The van der Waals surface area contributed by atoms with Crippen molar-refractivity contribution in [3.8, 4) is 11.7 Å². The molecule has 2 aromatic heterocycles. The Balaban J connectivity index is 1.70. The number of aromatic nitrogens is 2. The van der Waals surface area contributed by atoms with Crippen molar-refractivity contribution < 1.29 is 13.6 Å². The summed E-state index contributed by atoms with van der Waals surface area (Å²) < 4.78 is 10.7. The second-order valence-electron chi connectivity index (χ2n) is 4.84. The van der Waals surface area contributed by atoms with E-state index in [1.807, 2.05) is 38.1 Å². The van der Waals surface area contributed by atoms with E-state index in [0.717, 1.165) is 5.56 Å². The molecule has 1 aromatic carbocycles. The van der Waals surface area contributed by atoms with Crippen molar-refractivity contribution in [1.29, 1.82) is 0 Å². The van der Waals surface area contributed by atoms with Crippen LogP contribution in [0.25, 0.3) is 11.7 Å². The number of carbonyl (C=O) groups excluding carboxylic acids is 1. The normalized spacial score (nSPS) is 12.3. The van der Waals surface area contributed by atoms with E-state index in [1.165, 1.54) is 18.0 Å². The van der Waals surface area contributed by atoms with Crippen molar-refractivity contribution in [1.82, 2.24) is 10.2 Å². The van der Waals surface area contributed by atoms with E-state index in [9.17, 15) is 4.79 Å². The zero-order valence-corrected chi connectivity index (χ0v) is 13.0. The summed E-state index contributed by atoms with van der Waals surface area (Å²) in [6, 6.07) is 11.0. The van der Waals surface area contributed by atoms with Gasteiger partial charge < -0.3 is 8.83 Å². The average Bonchev–Trinajstić information content (AvgIpc) is 3.18. The Morgan fingerprint density at radius 3 is 2.64 bits per heavy atom. The second-order valence-corrected chi connectivity index (χ2v) is 6.13. The van der Waals surface area contributed by atoms with Gasteiger partial charge in [-0.05, 0) is 26.0 Å². The molecule has 0 bridgehead atoms. The molecule has 22 heavy (non-hydrogen) atoms. The van der Waals surface area contributed by atoms with E-state index in [4.69, 9.17) is 8.83 Å². The highest BCUT2D eigenvalue weighted by Crippen LogP contribution is 2.27. The van der Waals surface area contributed by atoms with Crippen LogP contribution in [0.3, 0.4) is 0 Å². The summed E-state index contributed by atoms with van der Waals surface area (Å²) in [5.41, 5.74) is 1.80. The Morgan fingerprint density at radius 2 is 1.95 bits per heavy atom. The van der Waals surface area contributed by atoms with E-state index in [0.29, 0.717) is 22.4 Å². The predicted octanol–water partition coefficient (Wildman–Crippen LogP) is 4.00. The average molecular weight is 314 g/mol. The summed E-state index contributed by atoms with van der Waals surface area (Å²) in [5, 5.41) is 7.88. The largest absolute Gasteiger partial charge is 0.459 e. The number of benzene rings is 1. The predicted molar refractivity (Wildman–Crippen MR) is 82.8 cm³/mol. The third kappa shape index (κ3) is 3.12. The van der Waals surface area contributed by atoms with Crippen LogP contribution in [0.15, 0.2) is 56.7 Å². The molecule has 3 aromatic rings. The maximum Gasteiger partial charge on any atom is 0.284 e. The lowest BCUT2D eigenvalue weighted by atomic mass is 10.1. The lowest BCUT2D eigenvalue weighted by Crippen LogP contribution is -2.13. The highest BCUT2D eigenvalue weighted by atomic mass is 32.2. The molecule has 0 aliphatic heterocycles. The molecule has 2 heterocycles. The highest BCUT2D eigenvalue weighted by molar-refractivity contribution is 8.00. The van der Waals surface area contributed by atoms with Crippen LogP contribution in [0.2, 0.25) is 0 Å². The maximum absolute atomic E-state index is 12.4. The molecule has 0 aliphatic carbocycles. The van der Waals surface area contributed by atoms with Crippen LogP contribution in [0, 0.1) is 6.92 Å². The summed E-state index contributed by atoms with van der Waals surface area (Å²) in [5.74, 6) is 0.849. The van der Waals surface area contributed by atoms with Crippen LogP contribution in [0.4, 0.5) is 0 Å². The van der Waals surface area contributed by atoms with Gasteiger partial charge in [0.2, 0.25) is 0 Å². The first-order valence-corrected chi connectivity index (χ1v) is 7.66. The van der Waals surface area contributed by atoms with Gasteiger partial charge in [-0.15, -0.1) is 10.2 Å². The molecule has 1 atom stereocenters. The second kappa shape index (κ2) is 6.19. The molecular weight excluding hydrogens is 300 g/mol. The summed E-state index contributed by atoms with van der Waals surface area (Å²) in [6.45, 7) is 3.81. The Hall–Kier alpha value is -2.34. The fourth-order valence-electron chi connectivity index (χ4n) is 1.91. The summed E-state index contributed by atoms with van der Waals surface area (Å²) in [7, 11) is 0. The van der Waals surface area contributed by atoms with Crippen LogP contribution >= 0.6 is 11.8 Å². The van der Waals surface area contributed by atoms with Crippen molar-refractivity contribution in [2.75, 3.05) is 0 Å². The van der Waals surface area contributed by atoms with Crippen molar-refractivity contribution in [3.05, 3.63) is 53.8 Å². The lowest BCUT2D eigenvalue weighted by Gasteiger charge is -2.07. The molecule has 0 N–H and O–H groups in total. The van der Waals surface area contributed by atoms with Gasteiger partial charge in [0.15, 0.2) is 11.5 Å². The Bertz CT molecular complexity index is 763. The molecule has 0 unspecified atom stereocenters. The van der Waals surface area contributed by atoms with E-state index in [1.54, 1.807) is 12.1 Å². The van der Waals surface area contributed by atoms with Crippen LogP contribution in [-0.4, -0.2) is 21.2 Å². The van der Waals surface area contributed by atoms with Gasteiger partial charge in [0.05, 0.1) is 11.5 Å². The zero-order valence-electron chi connectivity index (χ0n) is 12.1. The minimum Gasteiger partial charge on any atom is -0.459 e. The smallest absolute Gasteiger partial charge is 0.284 e. The number of aryl methyl sites for hydroxylation is 1. The minimum absolute atomic E-state index is 0.0303. The molecule has 0 saturated carbocycles. The molecule has 112 valence electrons. The van der Waals surface area contributed by atoms with Gasteiger partial charge in [0.1, 0.15) is 0 Å². The number of hydrogen-bond donors (Lipinski definition) is 0. The Labute approximate surface area is 131 Å². The van der Waals surface area contributed by atoms with Crippen molar-refractivity contribution in [3.63, 3.8) is 0 Å². The number of hydrogen-bond acceptors (Lipinski definition) is 6. The fourth-order valence-corrected chi connectivity index (χ4v) is 2.68. The maximum atomic E-state index is 12.4. The van der Waals surface area contributed by atoms with Crippen molar-refractivity contribution in [2.45, 2.75) is 24.3 Å². The third-order valence-corrected chi connectivity index (χ3v) is 4.06. The van der Waals surface area contributed by atoms with Gasteiger partial charge in [-0.2, -0.15) is 0 Å². The fraction of sp³-hybridized carbons (Fsp3) is 0.188. The van der Waals surface area contributed by atoms with Gasteiger partial charge in [-0.25, -0.2) is 0 Å². The molecule has 0 aliphatic rings. The summed E-state index contributed by atoms with van der Waals surface area (Å²) in [6.07, 6.45) is 1.54. The van der Waals surface area contributed by atoms with E-state index < -0.39 is 0 Å². The van der Waals surface area contributed by atoms with Gasteiger partial charge in [-0.3, -0.25) is 4.79 Å². The molecule has 3 rings (SSSR count). The number of furan rings is 1. The third-order valence-electron chi connectivity index (χ3n) is 3.12. The molecule has 6 heteroatoms. The lowest BCUT2D eigenvalue weighted by molar-refractivity contribution is 0.0993. The van der Waals surface area contributed by atoms with Crippen LogP contribution < -0.4 is 0 Å². The standard InChI is InChI=1S/C16H14N2O3S/c1-10-5-7-12(8-6-10)14(19)11(2)22-16-18-17-15(21-16)13-4-3-9-20-13/h3-9,11H,1-2H3/t11-/m1/s1. The van der Waals surface area contributed by atoms with Crippen LogP contribution in [0.5, 0.6) is 0 Å². The number of carbonyl (C=O) groups is 1. The molecule has 5 nitrogen and oxygen atoms in total. The molecular formula is C16H14N2O3S. The van der Waals surface area contributed by atoms with E-state index in [2.05, 4.69) is 10.2 Å². The van der Waals surface area contributed by atoms with Crippen molar-refractivity contribution in [2.24, 2.45) is 0 Å². The SMILES string of the molecule is Cc1ccc(C(=O)[C@@H](C)Sc2nnc(-c3ccco3)o2)cc1. The molecule has 0 radical (unpaired) electrons. The van der Waals surface area contributed by atoms with E-state index in [-0.39, 0.29) is 11.0 Å². The number of nitrogens with zero attached hydrogens (tertiary/aromatic N) is 2. The van der Waals surface area contributed by atoms with Gasteiger partial charge >= 0.3 is 0 Å². The quantitative estimate of drug-likeness (QED) is 0.523. The summed E-state index contributed by atoms with van der Waals surface area (Å²) in [4.78, 5) is 12.4. The Morgan fingerprint density at radius 1 is 1.18 bits per heavy atom. The monoisotopic (exact) mass is 314 g/mol. The number of thioether (sulfide) groups is 1. The van der Waals surface area contributed by atoms with Gasteiger partial charge in [-0.1, -0.05) is 41.6 Å².